The number of nitrogens with one attached hydrogen (secondary N) is 1. The van der Waals surface area contributed by atoms with E-state index >= 15 is 0 Å². The number of aryl methyl sites for hydroxylation is 1. The molecule has 0 radical (unpaired) electrons. The van der Waals surface area contributed by atoms with Crippen molar-refractivity contribution in [2.24, 2.45) is 0 Å². The van der Waals surface area contributed by atoms with Crippen molar-refractivity contribution in [2.75, 3.05) is 0 Å². The first-order valence-electron chi connectivity index (χ1n) is 7.68. The molecule has 0 unspecified atom stereocenters. The molecule has 26 heavy (non-hydrogen) atoms. The van der Waals surface area contributed by atoms with E-state index in [9.17, 15) is 14.9 Å². The van der Waals surface area contributed by atoms with E-state index in [0.29, 0.717) is 28.3 Å². The Morgan fingerprint density at radius 3 is 2.73 bits per heavy atom. The number of ether oxygens (including phenoxy) is 1. The summed E-state index contributed by atoms with van der Waals surface area (Å²) in [5, 5.41) is 18.2. The van der Waals surface area contributed by atoms with Gasteiger partial charge in [0.25, 0.3) is 5.56 Å². The second-order valence-electron chi connectivity index (χ2n) is 5.54. The number of carboxylic acids is 1. The van der Waals surface area contributed by atoms with Crippen LogP contribution in [0, 0.1) is 18.3 Å². The second-order valence-corrected chi connectivity index (χ2v) is 5.54. The van der Waals surface area contributed by atoms with E-state index in [-0.39, 0.29) is 17.9 Å². The monoisotopic (exact) mass is 350 g/mol. The van der Waals surface area contributed by atoms with Crippen LogP contribution >= 0.6 is 0 Å². The maximum absolute atomic E-state index is 12.0. The van der Waals surface area contributed by atoms with Crippen molar-refractivity contribution in [2.45, 2.75) is 13.5 Å². The van der Waals surface area contributed by atoms with E-state index in [1.807, 2.05) is 6.07 Å². The molecule has 130 valence electrons. The number of hydrogen-bond donors (Lipinski definition) is 2. The minimum Gasteiger partial charge on any atom is -0.485 e. The molecular formula is C19H14N2O5. The fraction of sp³-hybridized carbons (Fsp3) is 0.105. The minimum absolute atomic E-state index is 0.00203. The van der Waals surface area contributed by atoms with Crippen LogP contribution < -0.4 is 10.3 Å². The summed E-state index contributed by atoms with van der Waals surface area (Å²) in [6, 6.07) is 13.5. The number of benzene rings is 1. The Bertz CT molecular complexity index is 1070. The highest BCUT2D eigenvalue weighted by Gasteiger charge is 2.15. The van der Waals surface area contributed by atoms with Gasteiger partial charge < -0.3 is 19.2 Å². The topological polar surface area (TPSA) is 116 Å². The Kier molecular flexibility index (Phi) is 4.58. The normalized spacial score (nSPS) is 10.3. The van der Waals surface area contributed by atoms with E-state index < -0.39 is 11.5 Å². The molecule has 2 heterocycles. The zero-order chi connectivity index (χ0) is 18.7. The number of aromatic nitrogens is 1. The summed E-state index contributed by atoms with van der Waals surface area (Å²) in [6.45, 7) is 1.74. The lowest BCUT2D eigenvalue weighted by molar-refractivity contribution is 0.0658. The molecule has 1 aromatic carbocycles. The van der Waals surface area contributed by atoms with E-state index in [0.717, 1.165) is 0 Å². The van der Waals surface area contributed by atoms with Crippen LogP contribution in [0.4, 0.5) is 0 Å². The van der Waals surface area contributed by atoms with Gasteiger partial charge in [0, 0.05) is 16.8 Å². The molecule has 0 amide bonds. The van der Waals surface area contributed by atoms with Crippen LogP contribution in [0.25, 0.3) is 11.1 Å². The molecule has 0 saturated carbocycles. The van der Waals surface area contributed by atoms with E-state index in [1.165, 1.54) is 12.1 Å². The van der Waals surface area contributed by atoms with Crippen LogP contribution in [0.2, 0.25) is 0 Å². The lowest BCUT2D eigenvalue weighted by Gasteiger charge is -2.12. The molecule has 0 spiro atoms. The number of hydrogen-bond acceptors (Lipinski definition) is 5. The third kappa shape index (κ3) is 3.35. The highest BCUT2D eigenvalue weighted by atomic mass is 16.5. The summed E-state index contributed by atoms with van der Waals surface area (Å²) in [5.74, 6) is -0.537. The second kappa shape index (κ2) is 6.99. The van der Waals surface area contributed by atoms with Crippen LogP contribution in [-0.2, 0) is 6.61 Å². The number of carboxylic acid groups (broad SMARTS) is 1. The summed E-state index contributed by atoms with van der Waals surface area (Å²) >= 11 is 0. The predicted octanol–water partition coefficient (Wildman–Crippen LogP) is 3.09. The largest absolute Gasteiger partial charge is 0.485 e. The number of para-hydroxylation sites is 1. The van der Waals surface area contributed by atoms with Crippen molar-refractivity contribution in [1.29, 1.82) is 5.26 Å². The van der Waals surface area contributed by atoms with Crippen molar-refractivity contribution in [3.8, 4) is 22.9 Å². The molecule has 3 aromatic rings. The SMILES string of the molecule is Cc1cc(-c2ccccc2OCc2ccc(C(=O)O)o2)c(C#N)c(=O)[nH]1. The maximum Gasteiger partial charge on any atom is 0.371 e. The minimum atomic E-state index is -1.16. The van der Waals surface area contributed by atoms with Gasteiger partial charge in [-0.1, -0.05) is 18.2 Å². The van der Waals surface area contributed by atoms with Crippen LogP contribution in [0.1, 0.15) is 27.6 Å². The van der Waals surface area contributed by atoms with Crippen molar-refractivity contribution in [3.05, 3.63) is 75.6 Å². The highest BCUT2D eigenvalue weighted by molar-refractivity contribution is 5.84. The Morgan fingerprint density at radius 1 is 1.27 bits per heavy atom. The molecular weight excluding hydrogens is 336 g/mol. The van der Waals surface area contributed by atoms with Crippen molar-refractivity contribution in [1.82, 2.24) is 4.98 Å². The molecule has 0 aliphatic rings. The van der Waals surface area contributed by atoms with E-state index in [1.54, 1.807) is 37.3 Å². The van der Waals surface area contributed by atoms with Crippen LogP contribution in [-0.4, -0.2) is 16.1 Å². The Labute approximate surface area is 148 Å². The number of rotatable bonds is 5. The zero-order valence-electron chi connectivity index (χ0n) is 13.8. The van der Waals surface area contributed by atoms with Crippen LogP contribution in [0.3, 0.4) is 0 Å². The van der Waals surface area contributed by atoms with Gasteiger partial charge in [-0.2, -0.15) is 5.26 Å². The van der Waals surface area contributed by atoms with Gasteiger partial charge in [-0.05, 0) is 31.2 Å². The quantitative estimate of drug-likeness (QED) is 0.730. The molecule has 0 bridgehead atoms. The van der Waals surface area contributed by atoms with Gasteiger partial charge >= 0.3 is 5.97 Å². The molecule has 0 atom stereocenters. The number of H-pyrrole nitrogens is 1. The highest BCUT2D eigenvalue weighted by Crippen LogP contribution is 2.32. The molecule has 3 rings (SSSR count). The fourth-order valence-corrected chi connectivity index (χ4v) is 2.55. The van der Waals surface area contributed by atoms with Crippen LogP contribution in [0.15, 0.2) is 51.7 Å². The van der Waals surface area contributed by atoms with Crippen molar-refractivity contribution >= 4 is 5.97 Å². The summed E-state index contributed by atoms with van der Waals surface area (Å²) in [7, 11) is 0. The number of furan rings is 1. The molecule has 0 saturated heterocycles. The summed E-state index contributed by atoms with van der Waals surface area (Å²) < 4.78 is 10.9. The molecule has 7 heteroatoms. The molecule has 2 N–H and O–H groups in total. The lowest BCUT2D eigenvalue weighted by Crippen LogP contribution is -2.13. The van der Waals surface area contributed by atoms with Gasteiger partial charge in [-0.3, -0.25) is 4.79 Å². The third-order valence-corrected chi connectivity index (χ3v) is 3.70. The van der Waals surface area contributed by atoms with Gasteiger partial charge in [0.15, 0.2) is 0 Å². The fourth-order valence-electron chi connectivity index (χ4n) is 2.55. The number of pyridine rings is 1. The number of aromatic carboxylic acids is 1. The average molecular weight is 350 g/mol. The zero-order valence-corrected chi connectivity index (χ0v) is 13.8. The van der Waals surface area contributed by atoms with Gasteiger partial charge in [0.05, 0.1) is 0 Å². The number of aromatic amines is 1. The molecule has 0 fully saturated rings. The maximum atomic E-state index is 12.0. The Balaban J connectivity index is 1.96. The molecule has 7 nitrogen and oxygen atoms in total. The predicted molar refractivity (Wildman–Crippen MR) is 92.0 cm³/mol. The number of nitrogens with zero attached hydrogens (tertiary/aromatic N) is 1. The van der Waals surface area contributed by atoms with Gasteiger partial charge in [-0.15, -0.1) is 0 Å². The number of nitriles is 1. The average Bonchev–Trinajstić information content (AvgIpc) is 3.09. The van der Waals surface area contributed by atoms with Crippen LogP contribution in [0.5, 0.6) is 5.75 Å². The number of carbonyl (C=O) groups is 1. The van der Waals surface area contributed by atoms with Crippen molar-refractivity contribution in [3.63, 3.8) is 0 Å². The lowest BCUT2D eigenvalue weighted by atomic mass is 10.00. The Morgan fingerprint density at radius 2 is 2.04 bits per heavy atom. The van der Waals surface area contributed by atoms with E-state index in [4.69, 9.17) is 14.3 Å². The first-order valence-corrected chi connectivity index (χ1v) is 7.68. The molecule has 0 aliphatic heterocycles. The summed E-state index contributed by atoms with van der Waals surface area (Å²) in [5.41, 5.74) is 1.21. The first-order chi connectivity index (χ1) is 12.5. The molecule has 2 aromatic heterocycles. The smallest absolute Gasteiger partial charge is 0.371 e. The third-order valence-electron chi connectivity index (χ3n) is 3.70. The van der Waals surface area contributed by atoms with Crippen molar-refractivity contribution < 1.29 is 19.1 Å². The summed E-state index contributed by atoms with van der Waals surface area (Å²) in [4.78, 5) is 25.5. The standard InChI is InChI=1S/C19H14N2O5/c1-11-8-14(15(9-20)18(22)21-11)13-4-2-3-5-16(13)25-10-12-6-7-17(26-12)19(23)24/h2-8H,10H2,1H3,(H,21,22)(H,23,24). The van der Waals surface area contributed by atoms with E-state index in [2.05, 4.69) is 4.98 Å². The first kappa shape index (κ1) is 17.0. The van der Waals surface area contributed by atoms with Gasteiger partial charge in [0.2, 0.25) is 5.76 Å². The van der Waals surface area contributed by atoms with Gasteiger partial charge in [0.1, 0.15) is 29.7 Å². The molecule has 0 aliphatic carbocycles. The van der Waals surface area contributed by atoms with Gasteiger partial charge in [-0.25, -0.2) is 4.79 Å². The Hall–Kier alpha value is -3.79. The summed E-state index contributed by atoms with van der Waals surface area (Å²) in [6.07, 6.45) is 0.